The lowest BCUT2D eigenvalue weighted by atomic mass is 10.3. The molecular weight excluding hydrogens is 204 g/mol. The van der Waals surface area contributed by atoms with Gasteiger partial charge in [0, 0.05) is 24.3 Å². The third kappa shape index (κ3) is 3.08. The van der Waals surface area contributed by atoms with Crippen LogP contribution in [0.5, 0.6) is 0 Å². The van der Waals surface area contributed by atoms with Gasteiger partial charge >= 0.3 is 5.69 Å². The van der Waals surface area contributed by atoms with Crippen LogP contribution in [0.25, 0.3) is 0 Å². The van der Waals surface area contributed by atoms with E-state index in [1.54, 1.807) is 10.8 Å². The van der Waals surface area contributed by atoms with Gasteiger partial charge in [0.25, 0.3) is 5.56 Å². The number of nitrogens with zero attached hydrogens (tertiary/aromatic N) is 2. The highest BCUT2D eigenvalue weighted by atomic mass is 16.2. The Balaban J connectivity index is 0.00000106. The summed E-state index contributed by atoms with van der Waals surface area (Å²) < 4.78 is 2.82. The summed E-state index contributed by atoms with van der Waals surface area (Å²) in [6, 6.07) is 1.41. The normalized spacial score (nSPS) is 10.2. The van der Waals surface area contributed by atoms with Crippen molar-refractivity contribution in [3.05, 3.63) is 33.1 Å². The van der Waals surface area contributed by atoms with Gasteiger partial charge in [-0.25, -0.2) is 4.79 Å². The van der Waals surface area contributed by atoms with E-state index < -0.39 is 0 Å². The van der Waals surface area contributed by atoms with Gasteiger partial charge < -0.3 is 0 Å². The van der Waals surface area contributed by atoms with Crippen molar-refractivity contribution in [2.24, 2.45) is 0 Å². The van der Waals surface area contributed by atoms with Crippen molar-refractivity contribution < 1.29 is 0 Å². The molecular formula is C12H22N2O2. The van der Waals surface area contributed by atoms with Crippen LogP contribution in [0.1, 0.15) is 53.6 Å². The first kappa shape index (κ1) is 14.7. The maximum atomic E-state index is 11.8. The van der Waals surface area contributed by atoms with Crippen molar-refractivity contribution in [3.63, 3.8) is 0 Å². The highest BCUT2D eigenvalue weighted by molar-refractivity contribution is 4.89. The van der Waals surface area contributed by atoms with E-state index >= 15 is 0 Å². The van der Waals surface area contributed by atoms with Gasteiger partial charge in [-0.05, 0) is 27.7 Å². The second-order valence-corrected chi connectivity index (χ2v) is 3.90. The minimum Gasteiger partial charge on any atom is -0.298 e. The highest BCUT2D eigenvalue weighted by Crippen LogP contribution is 1.99. The van der Waals surface area contributed by atoms with Crippen LogP contribution in [0.4, 0.5) is 0 Å². The molecule has 1 aromatic heterocycles. The average molecular weight is 226 g/mol. The molecule has 0 saturated heterocycles. The summed E-state index contributed by atoms with van der Waals surface area (Å²) in [4.78, 5) is 23.2. The molecule has 92 valence electrons. The molecule has 0 atom stereocenters. The number of aromatic nitrogens is 2. The van der Waals surface area contributed by atoms with Crippen molar-refractivity contribution in [2.75, 3.05) is 0 Å². The van der Waals surface area contributed by atoms with Crippen LogP contribution in [-0.4, -0.2) is 9.13 Å². The first-order valence-corrected chi connectivity index (χ1v) is 5.79. The SMILES string of the molecule is CC.CC(C)n1ccc(=O)n(C(C)C)c1=O. The monoisotopic (exact) mass is 226 g/mol. The van der Waals surface area contributed by atoms with E-state index in [1.165, 1.54) is 10.6 Å². The van der Waals surface area contributed by atoms with Gasteiger partial charge in [0.2, 0.25) is 0 Å². The van der Waals surface area contributed by atoms with Crippen LogP contribution in [0, 0.1) is 0 Å². The van der Waals surface area contributed by atoms with Gasteiger partial charge in [-0.15, -0.1) is 0 Å². The van der Waals surface area contributed by atoms with Crippen molar-refractivity contribution in [2.45, 2.75) is 53.6 Å². The quantitative estimate of drug-likeness (QED) is 0.776. The summed E-state index contributed by atoms with van der Waals surface area (Å²) >= 11 is 0. The molecule has 0 bridgehead atoms. The summed E-state index contributed by atoms with van der Waals surface area (Å²) in [6.07, 6.45) is 1.55. The summed E-state index contributed by atoms with van der Waals surface area (Å²) in [5.74, 6) is 0. The molecule has 0 spiro atoms. The predicted octanol–water partition coefficient (Wildman–Crippen LogP) is 2.20. The molecule has 16 heavy (non-hydrogen) atoms. The Labute approximate surface area is 96.5 Å². The Morgan fingerprint density at radius 2 is 1.50 bits per heavy atom. The van der Waals surface area contributed by atoms with Crippen LogP contribution in [0.3, 0.4) is 0 Å². The summed E-state index contributed by atoms with van der Waals surface area (Å²) in [5.41, 5.74) is -0.468. The lowest BCUT2D eigenvalue weighted by molar-refractivity contribution is 0.473. The molecule has 0 N–H and O–H groups in total. The molecule has 0 radical (unpaired) electrons. The fourth-order valence-corrected chi connectivity index (χ4v) is 1.38. The van der Waals surface area contributed by atoms with Crippen LogP contribution in [-0.2, 0) is 0 Å². The maximum absolute atomic E-state index is 11.8. The topological polar surface area (TPSA) is 44.0 Å². The molecule has 4 heteroatoms. The van der Waals surface area contributed by atoms with E-state index in [2.05, 4.69) is 0 Å². The molecule has 4 nitrogen and oxygen atoms in total. The third-order valence-electron chi connectivity index (χ3n) is 2.11. The lowest BCUT2D eigenvalue weighted by Crippen LogP contribution is -2.40. The second kappa shape index (κ2) is 6.30. The lowest BCUT2D eigenvalue weighted by Gasteiger charge is -2.14. The van der Waals surface area contributed by atoms with Gasteiger partial charge in [0.05, 0.1) is 0 Å². The van der Waals surface area contributed by atoms with E-state index in [1.807, 2.05) is 41.5 Å². The third-order valence-corrected chi connectivity index (χ3v) is 2.11. The summed E-state index contributed by atoms with van der Waals surface area (Å²) in [6.45, 7) is 11.5. The molecule has 1 aromatic rings. The van der Waals surface area contributed by atoms with Crippen molar-refractivity contribution >= 4 is 0 Å². The first-order chi connectivity index (χ1) is 7.45. The molecule has 0 unspecified atom stereocenters. The number of hydrogen-bond acceptors (Lipinski definition) is 2. The largest absolute Gasteiger partial charge is 0.331 e. The van der Waals surface area contributed by atoms with Crippen LogP contribution in [0.15, 0.2) is 21.9 Å². The van der Waals surface area contributed by atoms with Gasteiger partial charge in [0.1, 0.15) is 0 Å². The molecule has 0 saturated carbocycles. The molecule has 0 aliphatic rings. The van der Waals surface area contributed by atoms with Gasteiger partial charge in [0.15, 0.2) is 0 Å². The Bertz CT molecular complexity index is 427. The van der Waals surface area contributed by atoms with Crippen molar-refractivity contribution in [1.82, 2.24) is 9.13 Å². The Kier molecular flexibility index (Phi) is 5.78. The first-order valence-electron chi connectivity index (χ1n) is 5.79. The van der Waals surface area contributed by atoms with Gasteiger partial charge in [-0.2, -0.15) is 0 Å². The minimum absolute atomic E-state index is 0.0769. The maximum Gasteiger partial charge on any atom is 0.331 e. The summed E-state index contributed by atoms with van der Waals surface area (Å²) in [7, 11) is 0. The van der Waals surface area contributed by atoms with Crippen LogP contribution >= 0.6 is 0 Å². The average Bonchev–Trinajstić information content (AvgIpc) is 2.19. The Morgan fingerprint density at radius 3 is 1.88 bits per heavy atom. The van der Waals surface area contributed by atoms with Crippen molar-refractivity contribution in [1.29, 1.82) is 0 Å². The zero-order valence-electron chi connectivity index (χ0n) is 11.0. The van der Waals surface area contributed by atoms with E-state index in [-0.39, 0.29) is 23.3 Å². The van der Waals surface area contributed by atoms with E-state index in [4.69, 9.17) is 0 Å². The zero-order valence-corrected chi connectivity index (χ0v) is 11.0. The highest BCUT2D eigenvalue weighted by Gasteiger charge is 2.09. The van der Waals surface area contributed by atoms with E-state index in [0.717, 1.165) is 0 Å². The fourth-order valence-electron chi connectivity index (χ4n) is 1.38. The van der Waals surface area contributed by atoms with E-state index in [9.17, 15) is 9.59 Å². The Hall–Kier alpha value is -1.32. The smallest absolute Gasteiger partial charge is 0.298 e. The zero-order chi connectivity index (χ0) is 12.9. The van der Waals surface area contributed by atoms with Gasteiger partial charge in [-0.1, -0.05) is 13.8 Å². The number of hydrogen-bond donors (Lipinski definition) is 0. The summed E-state index contributed by atoms with van der Waals surface area (Å²) in [5, 5.41) is 0. The Morgan fingerprint density at radius 1 is 1.00 bits per heavy atom. The molecule has 0 aromatic carbocycles. The number of rotatable bonds is 2. The van der Waals surface area contributed by atoms with Crippen molar-refractivity contribution in [3.8, 4) is 0 Å². The fraction of sp³-hybridized carbons (Fsp3) is 0.667. The molecule has 0 aliphatic carbocycles. The molecule has 1 rings (SSSR count). The molecule has 1 heterocycles. The minimum atomic E-state index is -0.234. The molecule has 0 aliphatic heterocycles. The van der Waals surface area contributed by atoms with Crippen LogP contribution < -0.4 is 11.2 Å². The molecule has 0 fully saturated rings. The van der Waals surface area contributed by atoms with Gasteiger partial charge in [-0.3, -0.25) is 13.9 Å². The van der Waals surface area contributed by atoms with Crippen LogP contribution in [0.2, 0.25) is 0 Å². The standard InChI is InChI=1S/C10H16N2O2.C2H6/c1-7(2)11-6-5-9(13)12(8(3)4)10(11)14;1-2/h5-8H,1-4H3;1-2H3. The van der Waals surface area contributed by atoms with E-state index in [0.29, 0.717) is 0 Å². The second-order valence-electron chi connectivity index (χ2n) is 3.90. The molecule has 0 amide bonds. The predicted molar refractivity (Wildman–Crippen MR) is 67.1 cm³/mol.